The Morgan fingerprint density at radius 2 is 2.33 bits per heavy atom. The minimum absolute atomic E-state index is 0.0435. The van der Waals surface area contributed by atoms with Crippen LogP contribution >= 0.6 is 0 Å². The predicted molar refractivity (Wildman–Crippen MR) is 34.2 cm³/mol. The highest BCUT2D eigenvalue weighted by atomic mass is 16.2. The largest absolute Gasteiger partial charge is 0.237 e. The van der Waals surface area contributed by atoms with Crippen LogP contribution in [0, 0.1) is 17.2 Å². The van der Waals surface area contributed by atoms with E-state index in [1.165, 1.54) is 0 Å². The third-order valence-corrected chi connectivity index (χ3v) is 1.37. The summed E-state index contributed by atoms with van der Waals surface area (Å²) in [5, 5.41) is 18.4. The van der Waals surface area contributed by atoms with E-state index in [1.807, 2.05) is 6.92 Å². The Morgan fingerprint density at radius 1 is 1.67 bits per heavy atom. The summed E-state index contributed by atoms with van der Waals surface area (Å²) in [5.74, 6) is 0.110. The monoisotopic (exact) mass is 126 g/mol. The van der Waals surface area contributed by atoms with Crippen molar-refractivity contribution in [2.24, 2.45) is 5.92 Å². The van der Waals surface area contributed by atoms with Crippen molar-refractivity contribution in [1.29, 1.82) is 5.26 Å². The van der Waals surface area contributed by atoms with E-state index in [-0.39, 0.29) is 12.5 Å². The molecular weight excluding hydrogens is 114 g/mol. The molecule has 1 radical (unpaired) electrons. The Morgan fingerprint density at radius 3 is 2.67 bits per heavy atom. The Labute approximate surface area is 56.1 Å². The SMILES string of the molecule is CCC(C#N)CCC[O]. The van der Waals surface area contributed by atoms with Gasteiger partial charge in [-0.25, -0.2) is 5.11 Å². The normalized spacial score (nSPS) is 12.6. The molecule has 0 aliphatic carbocycles. The summed E-state index contributed by atoms with van der Waals surface area (Å²) in [5.41, 5.74) is 0. The van der Waals surface area contributed by atoms with Crippen LogP contribution in [0.4, 0.5) is 0 Å². The van der Waals surface area contributed by atoms with Crippen molar-refractivity contribution in [3.8, 4) is 6.07 Å². The molecule has 0 fully saturated rings. The van der Waals surface area contributed by atoms with E-state index >= 15 is 0 Å². The standard InChI is InChI=1S/C7H12NO/c1-2-7(6-8)4-3-5-9/h7H,2-5H2,1H3. The van der Waals surface area contributed by atoms with Gasteiger partial charge >= 0.3 is 0 Å². The van der Waals surface area contributed by atoms with Crippen LogP contribution in [0.1, 0.15) is 26.2 Å². The number of hydrogen-bond donors (Lipinski definition) is 0. The molecule has 0 saturated heterocycles. The molecule has 0 amide bonds. The zero-order chi connectivity index (χ0) is 7.11. The average Bonchev–Trinajstić information content (AvgIpc) is 1.91. The van der Waals surface area contributed by atoms with Gasteiger partial charge in [0.05, 0.1) is 12.7 Å². The van der Waals surface area contributed by atoms with Crippen LogP contribution in [-0.4, -0.2) is 6.61 Å². The average molecular weight is 126 g/mol. The van der Waals surface area contributed by atoms with Gasteiger partial charge in [0.15, 0.2) is 0 Å². The van der Waals surface area contributed by atoms with Crippen LogP contribution in [0.5, 0.6) is 0 Å². The molecule has 0 N–H and O–H groups in total. The van der Waals surface area contributed by atoms with Crippen molar-refractivity contribution < 1.29 is 5.11 Å². The molecule has 0 rings (SSSR count). The lowest BCUT2D eigenvalue weighted by atomic mass is 10.0. The molecule has 0 heterocycles. The highest BCUT2D eigenvalue weighted by molar-refractivity contribution is 4.80. The van der Waals surface area contributed by atoms with Gasteiger partial charge in [-0.2, -0.15) is 5.26 Å². The molecule has 51 valence electrons. The maximum Gasteiger partial charge on any atom is 0.0822 e. The van der Waals surface area contributed by atoms with E-state index in [2.05, 4.69) is 6.07 Å². The second kappa shape index (κ2) is 5.58. The molecule has 2 heteroatoms. The van der Waals surface area contributed by atoms with Gasteiger partial charge in [0.25, 0.3) is 0 Å². The topological polar surface area (TPSA) is 43.7 Å². The first-order chi connectivity index (χ1) is 4.35. The van der Waals surface area contributed by atoms with Gasteiger partial charge in [-0.15, -0.1) is 0 Å². The Balaban J connectivity index is 3.23. The van der Waals surface area contributed by atoms with Gasteiger partial charge in [0, 0.05) is 5.92 Å². The Bertz CT molecular complexity index is 95.6. The predicted octanol–water partition coefficient (Wildman–Crippen LogP) is 1.75. The van der Waals surface area contributed by atoms with Gasteiger partial charge < -0.3 is 0 Å². The van der Waals surface area contributed by atoms with Gasteiger partial charge in [0.2, 0.25) is 0 Å². The van der Waals surface area contributed by atoms with E-state index in [1.54, 1.807) is 0 Å². The lowest BCUT2D eigenvalue weighted by molar-refractivity contribution is 0.183. The molecule has 0 saturated carbocycles. The third-order valence-electron chi connectivity index (χ3n) is 1.37. The number of rotatable bonds is 4. The van der Waals surface area contributed by atoms with Crippen LogP contribution in [0.3, 0.4) is 0 Å². The summed E-state index contributed by atoms with van der Waals surface area (Å²) in [4.78, 5) is 0. The fourth-order valence-electron chi connectivity index (χ4n) is 0.690. The fraction of sp³-hybridized carbons (Fsp3) is 0.857. The summed E-state index contributed by atoms with van der Waals surface area (Å²) in [6.07, 6.45) is 2.29. The molecule has 0 bridgehead atoms. The van der Waals surface area contributed by atoms with Crippen molar-refractivity contribution in [3.63, 3.8) is 0 Å². The van der Waals surface area contributed by atoms with Crippen molar-refractivity contribution in [2.75, 3.05) is 6.61 Å². The molecule has 0 aromatic heterocycles. The first-order valence-electron chi connectivity index (χ1n) is 3.32. The minimum atomic E-state index is -0.0435. The summed E-state index contributed by atoms with van der Waals surface area (Å²) in [6, 6.07) is 2.15. The molecular formula is C7H12NO. The van der Waals surface area contributed by atoms with Crippen molar-refractivity contribution in [2.45, 2.75) is 26.2 Å². The van der Waals surface area contributed by atoms with E-state index in [9.17, 15) is 5.11 Å². The Kier molecular flexibility index (Phi) is 5.24. The summed E-state index contributed by atoms with van der Waals surface area (Å²) in [7, 11) is 0. The first kappa shape index (κ1) is 8.45. The molecule has 1 unspecified atom stereocenters. The Hall–Kier alpha value is -0.550. The number of nitrogens with zero attached hydrogens (tertiary/aromatic N) is 1. The number of hydrogen-bond acceptors (Lipinski definition) is 1. The van der Waals surface area contributed by atoms with Crippen molar-refractivity contribution in [1.82, 2.24) is 0 Å². The van der Waals surface area contributed by atoms with Crippen LogP contribution in [0.2, 0.25) is 0 Å². The van der Waals surface area contributed by atoms with Gasteiger partial charge in [-0.3, -0.25) is 0 Å². The molecule has 0 aromatic rings. The molecule has 2 nitrogen and oxygen atoms in total. The van der Waals surface area contributed by atoms with Gasteiger partial charge in [-0.1, -0.05) is 6.92 Å². The lowest BCUT2D eigenvalue weighted by Crippen LogP contribution is -1.95. The summed E-state index contributed by atoms with van der Waals surface area (Å²) < 4.78 is 0. The van der Waals surface area contributed by atoms with Crippen LogP contribution < -0.4 is 0 Å². The van der Waals surface area contributed by atoms with Gasteiger partial charge in [-0.05, 0) is 19.3 Å². The second-order valence-electron chi connectivity index (χ2n) is 2.08. The molecule has 0 aliphatic rings. The maximum absolute atomic E-state index is 9.96. The molecule has 9 heavy (non-hydrogen) atoms. The van der Waals surface area contributed by atoms with Crippen LogP contribution in [0.15, 0.2) is 0 Å². The highest BCUT2D eigenvalue weighted by Crippen LogP contribution is 2.07. The van der Waals surface area contributed by atoms with Crippen molar-refractivity contribution in [3.05, 3.63) is 0 Å². The van der Waals surface area contributed by atoms with E-state index < -0.39 is 0 Å². The third kappa shape index (κ3) is 3.99. The maximum atomic E-state index is 9.96. The first-order valence-corrected chi connectivity index (χ1v) is 3.32. The van der Waals surface area contributed by atoms with Crippen LogP contribution in [-0.2, 0) is 5.11 Å². The lowest BCUT2D eigenvalue weighted by Gasteiger charge is -2.00. The van der Waals surface area contributed by atoms with E-state index in [4.69, 9.17) is 5.26 Å². The highest BCUT2D eigenvalue weighted by Gasteiger charge is 2.01. The van der Waals surface area contributed by atoms with Crippen LogP contribution in [0.25, 0.3) is 0 Å². The fourth-order valence-corrected chi connectivity index (χ4v) is 0.690. The summed E-state index contributed by atoms with van der Waals surface area (Å²) >= 11 is 0. The van der Waals surface area contributed by atoms with Gasteiger partial charge in [0.1, 0.15) is 0 Å². The van der Waals surface area contributed by atoms with E-state index in [0.717, 1.165) is 12.8 Å². The number of nitriles is 1. The molecule has 1 atom stereocenters. The second-order valence-corrected chi connectivity index (χ2v) is 2.08. The molecule has 0 spiro atoms. The molecule has 0 aliphatic heterocycles. The minimum Gasteiger partial charge on any atom is -0.237 e. The quantitative estimate of drug-likeness (QED) is 0.565. The zero-order valence-electron chi connectivity index (χ0n) is 5.76. The smallest absolute Gasteiger partial charge is 0.0822 e. The van der Waals surface area contributed by atoms with Crippen molar-refractivity contribution >= 4 is 0 Å². The zero-order valence-corrected chi connectivity index (χ0v) is 5.76. The van der Waals surface area contributed by atoms with E-state index in [0.29, 0.717) is 6.42 Å². The molecule has 0 aromatic carbocycles. The summed E-state index contributed by atoms with van der Waals surface area (Å²) in [6.45, 7) is 1.93.